The van der Waals surface area contributed by atoms with Crippen LogP contribution in [0.25, 0.3) is 22.2 Å². The van der Waals surface area contributed by atoms with Crippen molar-refractivity contribution in [2.75, 3.05) is 49.1 Å². The summed E-state index contributed by atoms with van der Waals surface area (Å²) < 4.78 is 68.0. The maximum Gasteiger partial charge on any atom is 0.418 e. The molecule has 16 heteroatoms. The SMILES string of the molecule is COc1ccc(CN(Cc2ccc(OC)cc2)c2cc(C)c(C(F)(F)F)c(-c3cc4ncnc5c4c(c3Cl)OCCN5Cc3cncc(N(C)C(=O)OC(C)(C)C)c3)n2)cc1. The summed E-state index contributed by atoms with van der Waals surface area (Å²) in [6, 6.07) is 19.7. The Labute approximate surface area is 356 Å². The highest BCUT2D eigenvalue weighted by molar-refractivity contribution is 6.36. The van der Waals surface area contributed by atoms with Gasteiger partial charge in [-0.2, -0.15) is 13.2 Å². The van der Waals surface area contributed by atoms with E-state index >= 15 is 13.2 Å². The lowest BCUT2D eigenvalue weighted by Crippen LogP contribution is -2.34. The lowest BCUT2D eigenvalue weighted by atomic mass is 9.98. The Morgan fingerprint density at radius 1 is 0.902 bits per heavy atom. The van der Waals surface area contributed by atoms with E-state index in [1.807, 2.05) is 64.4 Å². The first-order valence-corrected chi connectivity index (χ1v) is 19.8. The second kappa shape index (κ2) is 17.3. The zero-order valence-corrected chi connectivity index (χ0v) is 35.6. The van der Waals surface area contributed by atoms with E-state index in [1.54, 1.807) is 54.4 Å². The highest BCUT2D eigenvalue weighted by Gasteiger charge is 2.39. The number of amides is 1. The summed E-state index contributed by atoms with van der Waals surface area (Å²) in [4.78, 5) is 36.3. The number of ether oxygens (including phenoxy) is 4. The molecule has 0 fully saturated rings. The van der Waals surface area contributed by atoms with Gasteiger partial charge in [-0.15, -0.1) is 0 Å². The lowest BCUT2D eigenvalue weighted by molar-refractivity contribution is -0.137. The molecule has 3 aromatic carbocycles. The molecule has 1 aliphatic rings. The Hall–Kier alpha value is -6.35. The maximum absolute atomic E-state index is 15.2. The van der Waals surface area contributed by atoms with Gasteiger partial charge in [0.2, 0.25) is 0 Å². The number of pyridine rings is 2. The third-order valence-corrected chi connectivity index (χ3v) is 10.4. The van der Waals surface area contributed by atoms with Crippen molar-refractivity contribution in [3.8, 4) is 28.5 Å². The molecule has 1 aliphatic heterocycles. The van der Waals surface area contributed by atoms with Crippen molar-refractivity contribution in [2.45, 2.75) is 59.1 Å². The molecule has 0 saturated heterocycles. The van der Waals surface area contributed by atoms with Crippen LogP contribution in [0.15, 0.2) is 85.5 Å². The highest BCUT2D eigenvalue weighted by atomic mass is 35.5. The van der Waals surface area contributed by atoms with E-state index in [9.17, 15) is 4.79 Å². The minimum Gasteiger partial charge on any atom is -0.497 e. The quantitative estimate of drug-likeness (QED) is 0.124. The summed E-state index contributed by atoms with van der Waals surface area (Å²) in [6.45, 7) is 8.18. The summed E-state index contributed by atoms with van der Waals surface area (Å²) in [7, 11) is 4.77. The second-order valence-corrected chi connectivity index (χ2v) is 16.0. The van der Waals surface area contributed by atoms with Gasteiger partial charge in [-0.1, -0.05) is 35.9 Å². The Bertz CT molecular complexity index is 2500. The number of hydrogen-bond acceptors (Lipinski definition) is 11. The van der Waals surface area contributed by atoms with Gasteiger partial charge < -0.3 is 28.7 Å². The molecule has 0 bridgehead atoms. The fourth-order valence-corrected chi connectivity index (χ4v) is 7.40. The van der Waals surface area contributed by atoms with Crippen LogP contribution in [0.5, 0.6) is 17.2 Å². The van der Waals surface area contributed by atoms with Crippen LogP contribution in [0.3, 0.4) is 0 Å². The number of carbonyl (C=O) groups excluding carboxylic acids is 1. The number of alkyl halides is 3. The summed E-state index contributed by atoms with van der Waals surface area (Å²) in [5, 5.41) is 0.380. The van der Waals surface area contributed by atoms with Gasteiger partial charge in [0.1, 0.15) is 41.7 Å². The molecule has 1 amide bonds. The zero-order valence-electron chi connectivity index (χ0n) is 34.8. The molecule has 12 nitrogen and oxygen atoms in total. The summed E-state index contributed by atoms with van der Waals surface area (Å²) in [5.41, 5.74) is 1.38. The van der Waals surface area contributed by atoms with Gasteiger partial charge in [0.15, 0.2) is 5.75 Å². The van der Waals surface area contributed by atoms with E-state index in [0.717, 1.165) is 16.7 Å². The van der Waals surface area contributed by atoms with Crippen molar-refractivity contribution in [1.29, 1.82) is 0 Å². The number of aryl methyl sites for hydroxylation is 1. The Kier molecular flexibility index (Phi) is 12.1. The molecular formula is C45H45ClF3N7O5. The fourth-order valence-electron chi connectivity index (χ4n) is 7.10. The van der Waals surface area contributed by atoms with Crippen LogP contribution in [0.1, 0.15) is 48.6 Å². The van der Waals surface area contributed by atoms with Crippen LogP contribution in [-0.4, -0.2) is 66.0 Å². The van der Waals surface area contributed by atoms with Gasteiger partial charge in [-0.25, -0.2) is 19.7 Å². The molecular weight excluding hydrogens is 811 g/mol. The molecule has 0 radical (unpaired) electrons. The summed E-state index contributed by atoms with van der Waals surface area (Å²) in [6.07, 6.45) is -0.719. The van der Waals surface area contributed by atoms with Crippen molar-refractivity contribution in [3.63, 3.8) is 0 Å². The summed E-state index contributed by atoms with van der Waals surface area (Å²) in [5.74, 6) is 2.27. The van der Waals surface area contributed by atoms with Crippen LogP contribution < -0.4 is 28.9 Å². The van der Waals surface area contributed by atoms with Gasteiger partial charge >= 0.3 is 12.3 Å². The normalized spacial score (nSPS) is 12.7. The van der Waals surface area contributed by atoms with Crippen LogP contribution in [0, 0.1) is 6.92 Å². The Morgan fingerprint density at radius 2 is 1.54 bits per heavy atom. The maximum atomic E-state index is 15.2. The van der Waals surface area contributed by atoms with Crippen LogP contribution in [0.4, 0.5) is 35.3 Å². The third kappa shape index (κ3) is 9.51. The van der Waals surface area contributed by atoms with E-state index in [1.165, 1.54) is 30.3 Å². The monoisotopic (exact) mass is 855 g/mol. The first-order chi connectivity index (χ1) is 29.0. The van der Waals surface area contributed by atoms with Crippen molar-refractivity contribution < 1.29 is 36.9 Å². The van der Waals surface area contributed by atoms with Gasteiger partial charge in [0.05, 0.1) is 59.8 Å². The van der Waals surface area contributed by atoms with Gasteiger partial charge in [-0.05, 0) is 92.4 Å². The molecule has 0 aliphatic carbocycles. The molecule has 61 heavy (non-hydrogen) atoms. The van der Waals surface area contributed by atoms with Crippen LogP contribution in [-0.2, 0) is 30.5 Å². The van der Waals surface area contributed by atoms with Gasteiger partial charge in [-0.3, -0.25) is 9.88 Å². The number of methoxy groups -OCH3 is 2. The number of rotatable bonds is 11. The van der Waals surface area contributed by atoms with E-state index < -0.39 is 23.4 Å². The van der Waals surface area contributed by atoms with E-state index in [0.29, 0.717) is 65.9 Å². The van der Waals surface area contributed by atoms with E-state index in [4.69, 9.17) is 35.5 Å². The minimum absolute atomic E-state index is 0.00969. The average molecular weight is 856 g/mol. The minimum atomic E-state index is -4.79. The number of halogens is 4. The molecule has 0 N–H and O–H groups in total. The number of carbonyl (C=O) groups is 1. The molecule has 7 rings (SSSR count). The zero-order chi connectivity index (χ0) is 43.6. The predicted molar refractivity (Wildman–Crippen MR) is 229 cm³/mol. The van der Waals surface area contributed by atoms with Crippen molar-refractivity contribution in [1.82, 2.24) is 19.9 Å². The largest absolute Gasteiger partial charge is 0.497 e. The van der Waals surface area contributed by atoms with Crippen molar-refractivity contribution >= 4 is 45.9 Å². The number of anilines is 3. The number of hydrogen-bond donors (Lipinski definition) is 0. The standard InChI is InChI=1S/C45H45ClF3N7O5/c1-27-18-36(56(23-28-8-12-32(58-6)13-9-28)24-29-10-14-33(59-7)15-11-29)53-40(38(27)45(47,48)49)34-20-35-37-41(39(34)46)60-17-16-55(42(37)52-26-51-35)25-30-19-31(22-50-21-30)54(5)43(57)61-44(2,3)4/h8-15,18-22,26H,16-17,23-25H2,1-7H3. The number of benzene rings is 3. The molecule has 318 valence electrons. The smallest absolute Gasteiger partial charge is 0.418 e. The van der Waals surface area contributed by atoms with Gasteiger partial charge in [0, 0.05) is 38.4 Å². The van der Waals surface area contributed by atoms with Gasteiger partial charge in [0.25, 0.3) is 0 Å². The Morgan fingerprint density at radius 3 is 2.13 bits per heavy atom. The highest BCUT2D eigenvalue weighted by Crippen LogP contribution is 2.48. The van der Waals surface area contributed by atoms with Crippen molar-refractivity contribution in [3.05, 3.63) is 118 Å². The van der Waals surface area contributed by atoms with Crippen LogP contribution >= 0.6 is 11.6 Å². The summed E-state index contributed by atoms with van der Waals surface area (Å²) >= 11 is 7.16. The molecule has 0 spiro atoms. The number of nitrogens with zero attached hydrogens (tertiary/aromatic N) is 7. The van der Waals surface area contributed by atoms with Crippen LogP contribution in [0.2, 0.25) is 5.02 Å². The average Bonchev–Trinajstić information content (AvgIpc) is 3.41. The number of aromatic nitrogens is 4. The fraction of sp³-hybridized carbons (Fsp3) is 0.311. The molecule has 6 aromatic rings. The Balaban J connectivity index is 1.30. The lowest BCUT2D eigenvalue weighted by Gasteiger charge is -2.27. The predicted octanol–water partition coefficient (Wildman–Crippen LogP) is 10.1. The van der Waals surface area contributed by atoms with Crippen molar-refractivity contribution in [2.24, 2.45) is 0 Å². The molecule has 4 heterocycles. The van der Waals surface area contributed by atoms with E-state index in [2.05, 4.69) is 15.0 Å². The second-order valence-electron chi connectivity index (χ2n) is 15.6. The third-order valence-electron chi connectivity index (χ3n) is 10.0. The molecule has 0 unspecified atom stereocenters. The molecule has 3 aromatic heterocycles. The molecule has 0 atom stereocenters. The first kappa shape index (κ1) is 42.8. The topological polar surface area (TPSA) is 115 Å². The molecule has 0 saturated carbocycles. The van der Waals surface area contributed by atoms with E-state index in [-0.39, 0.29) is 34.2 Å². The first-order valence-electron chi connectivity index (χ1n) is 19.4.